The summed E-state index contributed by atoms with van der Waals surface area (Å²) in [5.41, 5.74) is -0.0260. The molecule has 1 aliphatic heterocycles. The fourth-order valence-electron chi connectivity index (χ4n) is 2.11. The van der Waals surface area contributed by atoms with Crippen molar-refractivity contribution in [3.05, 3.63) is 0 Å². The van der Waals surface area contributed by atoms with Crippen LogP contribution in [0, 0.1) is 5.92 Å². The van der Waals surface area contributed by atoms with Crippen molar-refractivity contribution in [3.8, 4) is 0 Å². The zero-order valence-electron chi connectivity index (χ0n) is 13.2. The molecule has 1 saturated heterocycles. The summed E-state index contributed by atoms with van der Waals surface area (Å²) < 4.78 is 0.848. The summed E-state index contributed by atoms with van der Waals surface area (Å²) in [6.45, 7) is 10.3. The molecule has 1 N–H and O–H groups in total. The molecular weight excluding hydrogens is 304 g/mol. The van der Waals surface area contributed by atoms with E-state index in [9.17, 15) is 4.79 Å². The Morgan fingerprint density at radius 2 is 2.05 bits per heavy atom. The maximum atomic E-state index is 12.2. The number of nitrogens with one attached hydrogen (secondary N) is 1. The van der Waals surface area contributed by atoms with Crippen molar-refractivity contribution in [1.82, 2.24) is 15.1 Å². The molecule has 0 aliphatic carbocycles. The molecule has 1 aromatic rings. The molecule has 0 atom stereocenters. The van der Waals surface area contributed by atoms with Crippen LogP contribution in [0.2, 0.25) is 0 Å². The Morgan fingerprint density at radius 1 is 1.38 bits per heavy atom. The minimum Gasteiger partial charge on any atom is -0.355 e. The quantitative estimate of drug-likeness (QED) is 0.861. The predicted molar refractivity (Wildman–Crippen MR) is 89.0 cm³/mol. The third-order valence-corrected chi connectivity index (χ3v) is 5.30. The van der Waals surface area contributed by atoms with E-state index in [0.29, 0.717) is 5.75 Å². The number of nitrogens with zero attached hydrogens (tertiary/aromatic N) is 3. The number of hydrogen-bond acceptors (Lipinski definition) is 6. The average Bonchev–Trinajstić information content (AvgIpc) is 2.82. The van der Waals surface area contributed by atoms with E-state index in [4.69, 9.17) is 0 Å². The maximum absolute atomic E-state index is 12.2. The molecule has 1 fully saturated rings. The van der Waals surface area contributed by atoms with Gasteiger partial charge in [0.05, 0.1) is 5.75 Å². The standard InChI is InChI=1S/C14H24N4OS2/c1-10-5-7-18(8-6-10)11(19)9-20-13-17-16-12(21-13)15-14(2,3)4/h10H,5-9H2,1-4H3,(H,15,16). The van der Waals surface area contributed by atoms with Crippen molar-refractivity contribution < 1.29 is 4.79 Å². The maximum Gasteiger partial charge on any atom is 0.233 e. The van der Waals surface area contributed by atoms with Gasteiger partial charge in [0.1, 0.15) is 0 Å². The topological polar surface area (TPSA) is 58.1 Å². The van der Waals surface area contributed by atoms with Gasteiger partial charge in [0.15, 0.2) is 4.34 Å². The molecule has 0 unspecified atom stereocenters. The number of hydrogen-bond donors (Lipinski definition) is 1. The van der Waals surface area contributed by atoms with Crippen LogP contribution in [0.25, 0.3) is 0 Å². The number of carbonyl (C=O) groups excluding carboxylic acids is 1. The number of amides is 1. The van der Waals surface area contributed by atoms with Crippen LogP contribution >= 0.6 is 23.1 Å². The van der Waals surface area contributed by atoms with Gasteiger partial charge in [0.2, 0.25) is 11.0 Å². The van der Waals surface area contributed by atoms with Crippen molar-refractivity contribution in [2.45, 2.75) is 50.4 Å². The lowest BCUT2D eigenvalue weighted by atomic mass is 9.99. The van der Waals surface area contributed by atoms with Gasteiger partial charge in [0, 0.05) is 18.6 Å². The fourth-order valence-corrected chi connectivity index (χ4v) is 3.98. The summed E-state index contributed by atoms with van der Waals surface area (Å²) in [6.07, 6.45) is 2.24. The minimum absolute atomic E-state index is 0.0260. The highest BCUT2D eigenvalue weighted by Crippen LogP contribution is 2.27. The summed E-state index contributed by atoms with van der Waals surface area (Å²) in [7, 11) is 0. The predicted octanol–water partition coefficient (Wildman–Crippen LogP) is 3.10. The van der Waals surface area contributed by atoms with Crippen LogP contribution in [0.4, 0.5) is 5.13 Å². The first-order valence-electron chi connectivity index (χ1n) is 7.36. The summed E-state index contributed by atoms with van der Waals surface area (Å²) in [5, 5.41) is 12.3. The molecule has 118 valence electrons. The molecule has 2 heterocycles. The van der Waals surface area contributed by atoms with Crippen LogP contribution in [0.5, 0.6) is 0 Å². The third-order valence-electron chi connectivity index (χ3n) is 3.34. The zero-order valence-corrected chi connectivity index (χ0v) is 14.8. The van der Waals surface area contributed by atoms with E-state index in [1.807, 2.05) is 4.90 Å². The van der Waals surface area contributed by atoms with Gasteiger partial charge >= 0.3 is 0 Å². The lowest BCUT2D eigenvalue weighted by Crippen LogP contribution is -2.38. The molecule has 1 aromatic heterocycles. The Morgan fingerprint density at radius 3 is 2.67 bits per heavy atom. The molecule has 0 radical (unpaired) electrons. The van der Waals surface area contributed by atoms with Crippen LogP contribution in [0.15, 0.2) is 4.34 Å². The Balaban J connectivity index is 1.79. The van der Waals surface area contributed by atoms with E-state index < -0.39 is 0 Å². The fraction of sp³-hybridized carbons (Fsp3) is 0.786. The Labute approximate surface area is 134 Å². The van der Waals surface area contributed by atoms with E-state index in [1.54, 1.807) is 0 Å². The number of aromatic nitrogens is 2. The van der Waals surface area contributed by atoms with E-state index in [2.05, 4.69) is 43.2 Å². The minimum atomic E-state index is -0.0260. The molecule has 21 heavy (non-hydrogen) atoms. The van der Waals surface area contributed by atoms with Crippen LogP contribution in [0.1, 0.15) is 40.5 Å². The molecule has 5 nitrogen and oxygen atoms in total. The van der Waals surface area contributed by atoms with E-state index in [-0.39, 0.29) is 11.4 Å². The van der Waals surface area contributed by atoms with Gasteiger partial charge in [-0.15, -0.1) is 10.2 Å². The second-order valence-electron chi connectivity index (χ2n) is 6.60. The number of anilines is 1. The first-order chi connectivity index (χ1) is 9.83. The SMILES string of the molecule is CC1CCN(C(=O)CSc2nnc(NC(C)(C)C)s2)CC1. The Bertz CT molecular complexity index is 476. The normalized spacial score (nSPS) is 17.0. The highest BCUT2D eigenvalue weighted by Gasteiger charge is 2.21. The van der Waals surface area contributed by atoms with E-state index in [0.717, 1.165) is 41.3 Å². The third kappa shape index (κ3) is 5.47. The summed E-state index contributed by atoms with van der Waals surface area (Å²) >= 11 is 2.99. The van der Waals surface area contributed by atoms with Crippen LogP contribution in [-0.2, 0) is 4.79 Å². The highest BCUT2D eigenvalue weighted by molar-refractivity contribution is 8.01. The molecule has 0 saturated carbocycles. The summed E-state index contributed by atoms with van der Waals surface area (Å²) in [6, 6.07) is 0. The smallest absolute Gasteiger partial charge is 0.233 e. The molecule has 0 aromatic carbocycles. The molecule has 1 aliphatic rings. The molecule has 7 heteroatoms. The van der Waals surface area contributed by atoms with E-state index >= 15 is 0 Å². The van der Waals surface area contributed by atoms with Crippen molar-refractivity contribution in [2.75, 3.05) is 24.2 Å². The van der Waals surface area contributed by atoms with E-state index in [1.165, 1.54) is 23.1 Å². The summed E-state index contributed by atoms with van der Waals surface area (Å²) in [4.78, 5) is 14.1. The van der Waals surface area contributed by atoms with Crippen molar-refractivity contribution in [2.24, 2.45) is 5.92 Å². The monoisotopic (exact) mass is 328 g/mol. The number of rotatable bonds is 4. The van der Waals surface area contributed by atoms with Gasteiger partial charge in [-0.25, -0.2) is 0 Å². The van der Waals surface area contributed by atoms with Crippen molar-refractivity contribution >= 4 is 34.1 Å². The number of likely N-dealkylation sites (tertiary alicyclic amines) is 1. The second kappa shape index (κ2) is 6.96. The van der Waals surface area contributed by atoms with Gasteiger partial charge in [-0.2, -0.15) is 0 Å². The van der Waals surface area contributed by atoms with Crippen molar-refractivity contribution in [3.63, 3.8) is 0 Å². The highest BCUT2D eigenvalue weighted by atomic mass is 32.2. The zero-order chi connectivity index (χ0) is 15.5. The van der Waals surface area contributed by atoms with Gasteiger partial charge in [-0.3, -0.25) is 4.79 Å². The van der Waals surface area contributed by atoms with Crippen LogP contribution in [-0.4, -0.2) is 45.4 Å². The van der Waals surface area contributed by atoms with Gasteiger partial charge in [-0.05, 0) is 39.5 Å². The number of carbonyl (C=O) groups is 1. The lowest BCUT2D eigenvalue weighted by molar-refractivity contribution is -0.129. The molecule has 1 amide bonds. The van der Waals surface area contributed by atoms with Crippen LogP contribution in [0.3, 0.4) is 0 Å². The molecular formula is C14H24N4OS2. The Kier molecular flexibility index (Phi) is 5.48. The molecule has 2 rings (SSSR count). The molecule has 0 spiro atoms. The largest absolute Gasteiger partial charge is 0.355 e. The van der Waals surface area contributed by atoms with Gasteiger partial charge in [0.25, 0.3) is 0 Å². The average molecular weight is 329 g/mol. The molecule has 0 bridgehead atoms. The first-order valence-corrected chi connectivity index (χ1v) is 9.16. The number of piperidine rings is 1. The van der Waals surface area contributed by atoms with Crippen molar-refractivity contribution in [1.29, 1.82) is 0 Å². The van der Waals surface area contributed by atoms with Gasteiger partial charge < -0.3 is 10.2 Å². The lowest BCUT2D eigenvalue weighted by Gasteiger charge is -2.30. The Hall–Kier alpha value is -0.820. The van der Waals surface area contributed by atoms with Crippen LogP contribution < -0.4 is 5.32 Å². The first kappa shape index (κ1) is 16.5. The second-order valence-corrected chi connectivity index (χ2v) is 8.80. The summed E-state index contributed by atoms with van der Waals surface area (Å²) in [5.74, 6) is 1.42. The van der Waals surface area contributed by atoms with Gasteiger partial charge in [-0.1, -0.05) is 30.0 Å². The number of thioether (sulfide) groups is 1.